The maximum absolute atomic E-state index is 13.0. The summed E-state index contributed by atoms with van der Waals surface area (Å²) in [5.74, 6) is -0.577. The number of thioether (sulfide) groups is 1. The number of amides is 2. The highest BCUT2D eigenvalue weighted by Crippen LogP contribution is 2.38. The van der Waals surface area contributed by atoms with Gasteiger partial charge in [0.15, 0.2) is 0 Å². The molecule has 0 atom stereocenters. The summed E-state index contributed by atoms with van der Waals surface area (Å²) >= 11 is 0.690. The Balaban J connectivity index is 1.98. The lowest BCUT2D eigenvalue weighted by atomic mass is 9.98. The van der Waals surface area contributed by atoms with E-state index < -0.39 is 34.6 Å². The Kier molecular flexibility index (Phi) is 5.00. The van der Waals surface area contributed by atoms with Crippen LogP contribution in [-0.2, 0) is 17.1 Å². The van der Waals surface area contributed by atoms with Crippen molar-refractivity contribution < 1.29 is 35.9 Å². The van der Waals surface area contributed by atoms with Gasteiger partial charge in [-0.1, -0.05) is 24.3 Å². The molecule has 2 aromatic rings. The highest BCUT2D eigenvalue weighted by molar-refractivity contribution is 8.18. The van der Waals surface area contributed by atoms with Crippen molar-refractivity contribution in [3.63, 3.8) is 0 Å². The van der Waals surface area contributed by atoms with Gasteiger partial charge in [0.25, 0.3) is 11.1 Å². The number of nitrogens with one attached hydrogen (secondary N) is 1. The van der Waals surface area contributed by atoms with E-state index in [-0.39, 0.29) is 22.1 Å². The molecule has 0 aromatic heterocycles. The monoisotopic (exact) mass is 417 g/mol. The lowest BCUT2D eigenvalue weighted by Crippen LogP contribution is -2.17. The Bertz CT molecular complexity index is 945. The summed E-state index contributed by atoms with van der Waals surface area (Å²) in [6, 6.07) is 6.86. The number of hydrogen-bond acceptors (Lipinski definition) is 3. The fraction of sp³-hybridized carbons (Fsp3) is 0.111. The third kappa shape index (κ3) is 4.38. The molecule has 1 heterocycles. The zero-order valence-electron chi connectivity index (χ0n) is 13.6. The molecule has 146 valence electrons. The number of rotatable bonds is 2. The second kappa shape index (κ2) is 7.01. The van der Waals surface area contributed by atoms with E-state index in [1.807, 2.05) is 0 Å². The molecule has 0 radical (unpaired) electrons. The number of alkyl halides is 6. The molecule has 0 aliphatic carbocycles. The van der Waals surface area contributed by atoms with Crippen LogP contribution >= 0.6 is 11.8 Å². The highest BCUT2D eigenvalue weighted by atomic mass is 32.2. The predicted molar refractivity (Wildman–Crippen MR) is 91.0 cm³/mol. The third-order valence-corrected chi connectivity index (χ3v) is 4.58. The first-order valence-corrected chi connectivity index (χ1v) is 8.40. The van der Waals surface area contributed by atoms with Crippen molar-refractivity contribution in [2.24, 2.45) is 0 Å². The van der Waals surface area contributed by atoms with Crippen molar-refractivity contribution >= 4 is 29.0 Å². The van der Waals surface area contributed by atoms with E-state index >= 15 is 0 Å². The van der Waals surface area contributed by atoms with Crippen molar-refractivity contribution in [1.82, 2.24) is 5.32 Å². The lowest BCUT2D eigenvalue weighted by molar-refractivity contribution is -0.143. The summed E-state index contributed by atoms with van der Waals surface area (Å²) in [4.78, 5) is 22.8. The van der Waals surface area contributed by atoms with Crippen molar-refractivity contribution in [1.29, 1.82) is 0 Å². The second-order valence-corrected chi connectivity index (χ2v) is 6.78. The second-order valence-electron chi connectivity index (χ2n) is 5.77. The fourth-order valence-electron chi connectivity index (χ4n) is 2.47. The predicted octanol–water partition coefficient (Wildman–Crippen LogP) is 5.72. The van der Waals surface area contributed by atoms with Crippen LogP contribution in [0.5, 0.6) is 0 Å². The van der Waals surface area contributed by atoms with Crippen molar-refractivity contribution in [2.45, 2.75) is 12.4 Å². The molecule has 3 rings (SSSR count). The summed E-state index contributed by atoms with van der Waals surface area (Å²) in [6.07, 6.45) is -8.47. The van der Waals surface area contributed by atoms with Gasteiger partial charge in [-0.3, -0.25) is 14.9 Å². The number of halogens is 6. The zero-order chi connectivity index (χ0) is 20.7. The smallest absolute Gasteiger partial charge is 0.282 e. The van der Waals surface area contributed by atoms with Crippen LogP contribution in [0.1, 0.15) is 16.7 Å². The maximum atomic E-state index is 13.0. The average molecular weight is 417 g/mol. The summed E-state index contributed by atoms with van der Waals surface area (Å²) in [5, 5.41) is 1.54. The Morgan fingerprint density at radius 3 is 1.75 bits per heavy atom. The summed E-state index contributed by atoms with van der Waals surface area (Å²) in [6.45, 7) is 0. The van der Waals surface area contributed by atoms with Gasteiger partial charge in [-0.25, -0.2) is 0 Å². The highest BCUT2D eigenvalue weighted by Gasteiger charge is 2.37. The van der Waals surface area contributed by atoms with E-state index in [9.17, 15) is 35.9 Å². The average Bonchev–Trinajstić information content (AvgIpc) is 2.91. The molecule has 1 saturated heterocycles. The Morgan fingerprint density at radius 2 is 1.32 bits per heavy atom. The molecule has 10 heteroatoms. The van der Waals surface area contributed by atoms with Crippen LogP contribution in [0.2, 0.25) is 0 Å². The first kappa shape index (κ1) is 20.0. The minimum absolute atomic E-state index is 0.0647. The van der Waals surface area contributed by atoms with E-state index in [4.69, 9.17) is 0 Å². The molecule has 0 unspecified atom stereocenters. The summed E-state index contributed by atoms with van der Waals surface area (Å²) < 4.78 is 77.8. The first-order valence-electron chi connectivity index (χ1n) is 7.58. The van der Waals surface area contributed by atoms with Gasteiger partial charge in [-0.15, -0.1) is 0 Å². The molecule has 0 bridgehead atoms. The summed E-state index contributed by atoms with van der Waals surface area (Å²) in [7, 11) is 0. The molecule has 3 nitrogen and oxygen atoms in total. The molecule has 1 fully saturated rings. The van der Waals surface area contributed by atoms with Crippen LogP contribution in [0.25, 0.3) is 17.2 Å². The van der Waals surface area contributed by atoms with E-state index in [1.54, 1.807) is 0 Å². The van der Waals surface area contributed by atoms with Gasteiger partial charge >= 0.3 is 12.4 Å². The Morgan fingerprint density at radius 1 is 0.786 bits per heavy atom. The van der Waals surface area contributed by atoms with Crippen LogP contribution in [0.4, 0.5) is 31.1 Å². The number of carbonyl (C=O) groups excluding carboxylic acids is 2. The molecular weight excluding hydrogens is 408 g/mol. The van der Waals surface area contributed by atoms with Crippen LogP contribution in [0.3, 0.4) is 0 Å². The number of hydrogen-bond donors (Lipinski definition) is 1. The van der Waals surface area contributed by atoms with Gasteiger partial charge in [0.05, 0.1) is 16.0 Å². The minimum atomic E-state index is -4.93. The maximum Gasteiger partial charge on any atom is 0.416 e. The zero-order valence-corrected chi connectivity index (χ0v) is 14.4. The fourth-order valence-corrected chi connectivity index (χ4v) is 3.15. The van der Waals surface area contributed by atoms with Gasteiger partial charge in [0.2, 0.25) is 0 Å². The largest absolute Gasteiger partial charge is 0.416 e. The van der Waals surface area contributed by atoms with Gasteiger partial charge in [0, 0.05) is 0 Å². The Hall–Kier alpha value is -2.75. The molecule has 1 aliphatic rings. The van der Waals surface area contributed by atoms with Crippen LogP contribution in [-0.4, -0.2) is 11.1 Å². The number of carbonyl (C=O) groups is 2. The van der Waals surface area contributed by atoms with E-state index in [0.29, 0.717) is 29.5 Å². The number of benzene rings is 2. The lowest BCUT2D eigenvalue weighted by Gasteiger charge is -2.14. The van der Waals surface area contributed by atoms with Crippen LogP contribution in [0.15, 0.2) is 47.4 Å². The minimum Gasteiger partial charge on any atom is -0.282 e. The van der Waals surface area contributed by atoms with Crippen LogP contribution < -0.4 is 5.32 Å². The first-order chi connectivity index (χ1) is 12.9. The van der Waals surface area contributed by atoms with Crippen molar-refractivity contribution in [3.8, 4) is 11.1 Å². The van der Waals surface area contributed by atoms with Crippen molar-refractivity contribution in [2.75, 3.05) is 0 Å². The molecule has 1 aliphatic heterocycles. The van der Waals surface area contributed by atoms with E-state index in [2.05, 4.69) is 5.32 Å². The van der Waals surface area contributed by atoms with Gasteiger partial charge < -0.3 is 0 Å². The molecule has 1 N–H and O–H groups in total. The topological polar surface area (TPSA) is 46.2 Å². The normalized spacial score (nSPS) is 16.6. The van der Waals surface area contributed by atoms with Crippen LogP contribution in [0, 0.1) is 0 Å². The molecule has 28 heavy (non-hydrogen) atoms. The van der Waals surface area contributed by atoms with Gasteiger partial charge in [-0.2, -0.15) is 26.3 Å². The molecular formula is C18H9F6NO2S. The quantitative estimate of drug-likeness (QED) is 0.503. The SMILES string of the molecule is O=C1NC(=O)C(=Cc2ccc(-c3cc(C(F)(F)F)cc(C(F)(F)F)c3)cc2)S1. The molecule has 0 saturated carbocycles. The molecule has 2 aromatic carbocycles. The molecule has 2 amide bonds. The van der Waals surface area contributed by atoms with Gasteiger partial charge in [-0.05, 0) is 52.7 Å². The summed E-state index contributed by atoms with van der Waals surface area (Å²) in [5.41, 5.74) is -2.45. The third-order valence-electron chi connectivity index (χ3n) is 3.77. The van der Waals surface area contributed by atoms with Gasteiger partial charge in [0.1, 0.15) is 0 Å². The van der Waals surface area contributed by atoms with E-state index in [0.717, 1.165) is 0 Å². The number of imide groups is 1. The Labute approximate surface area is 158 Å². The standard InChI is InChI=1S/C18H9F6NO2S/c19-17(20,21)12-6-11(7-13(8-12)18(22,23)24)10-3-1-9(2-4-10)5-14-15(26)25-16(27)28-14/h1-8H,(H,25,26,27). The van der Waals surface area contributed by atoms with Crippen molar-refractivity contribution in [3.05, 3.63) is 64.1 Å². The van der Waals surface area contributed by atoms with E-state index in [1.165, 1.54) is 30.3 Å². The molecule has 0 spiro atoms.